The van der Waals surface area contributed by atoms with Gasteiger partial charge < -0.3 is 10.1 Å². The smallest absolute Gasteiger partial charge is 0.119 e. The van der Waals surface area contributed by atoms with Crippen LogP contribution < -0.4 is 10.1 Å². The first-order chi connectivity index (χ1) is 10.0. The van der Waals surface area contributed by atoms with Gasteiger partial charge >= 0.3 is 0 Å². The van der Waals surface area contributed by atoms with Crippen LogP contribution >= 0.6 is 11.6 Å². The lowest BCUT2D eigenvalue weighted by Crippen LogP contribution is -2.42. The number of nitrogens with one attached hydrogen (secondary N) is 1. The Morgan fingerprint density at radius 3 is 2.62 bits per heavy atom. The fraction of sp³-hybridized carbons (Fsp3) is 0.333. The van der Waals surface area contributed by atoms with Crippen LogP contribution in [0.1, 0.15) is 36.6 Å². The number of hydrogen-bond donors (Lipinski definition) is 1. The summed E-state index contributed by atoms with van der Waals surface area (Å²) in [5, 5.41) is 4.44. The van der Waals surface area contributed by atoms with E-state index in [1.54, 1.807) is 7.11 Å². The van der Waals surface area contributed by atoms with Crippen molar-refractivity contribution in [2.45, 2.75) is 25.3 Å². The van der Waals surface area contributed by atoms with Crippen LogP contribution in [0, 0.1) is 0 Å². The Kier molecular flexibility index (Phi) is 3.68. The Morgan fingerprint density at radius 2 is 1.90 bits per heavy atom. The lowest BCUT2D eigenvalue weighted by Gasteiger charge is -2.38. The number of ether oxygens (including phenoxy) is 1. The minimum Gasteiger partial charge on any atom is -0.497 e. The Hall–Kier alpha value is -1.51. The highest BCUT2D eigenvalue weighted by atomic mass is 35.5. The maximum Gasteiger partial charge on any atom is 0.119 e. The van der Waals surface area contributed by atoms with E-state index in [0.717, 1.165) is 22.9 Å². The molecule has 1 unspecified atom stereocenters. The topological polar surface area (TPSA) is 21.3 Å². The van der Waals surface area contributed by atoms with Crippen molar-refractivity contribution >= 4 is 11.6 Å². The monoisotopic (exact) mass is 301 g/mol. The van der Waals surface area contributed by atoms with Crippen LogP contribution in [0.25, 0.3) is 0 Å². The molecule has 2 aromatic rings. The zero-order chi connectivity index (χ0) is 15.0. The summed E-state index contributed by atoms with van der Waals surface area (Å²) in [5.41, 5.74) is 3.80. The molecular weight excluding hydrogens is 282 g/mol. The average molecular weight is 302 g/mol. The van der Waals surface area contributed by atoms with E-state index < -0.39 is 0 Å². The number of rotatable bonds is 2. The molecule has 1 aliphatic rings. The summed E-state index contributed by atoms with van der Waals surface area (Å²) in [6.45, 7) is 5.41. The zero-order valence-electron chi connectivity index (χ0n) is 12.6. The molecule has 1 aliphatic heterocycles. The zero-order valence-corrected chi connectivity index (χ0v) is 13.4. The van der Waals surface area contributed by atoms with Gasteiger partial charge in [0.25, 0.3) is 0 Å². The molecule has 1 N–H and O–H groups in total. The molecule has 0 amide bonds. The number of benzene rings is 2. The number of fused-ring (bicyclic) bond motifs is 1. The van der Waals surface area contributed by atoms with Gasteiger partial charge in [-0.15, -0.1) is 0 Å². The first kappa shape index (κ1) is 14.4. The number of halogens is 1. The standard InChI is InChI=1S/C18H20ClNO/c1-18(2)11-20-17(14-6-4-5-7-16(14)19)13-9-8-12(21-3)10-15(13)18/h4-10,17,20H,11H2,1-3H3. The molecule has 0 spiro atoms. The maximum absolute atomic E-state index is 6.39. The van der Waals surface area contributed by atoms with Crippen LogP contribution in [0.2, 0.25) is 5.02 Å². The third kappa shape index (κ3) is 2.54. The highest BCUT2D eigenvalue weighted by Crippen LogP contribution is 2.40. The lowest BCUT2D eigenvalue weighted by atomic mass is 9.75. The second-order valence-corrected chi connectivity index (χ2v) is 6.58. The normalized spacial score (nSPS) is 19.9. The minimum atomic E-state index is 0.0711. The number of methoxy groups -OCH3 is 1. The van der Waals surface area contributed by atoms with E-state index in [4.69, 9.17) is 16.3 Å². The summed E-state index contributed by atoms with van der Waals surface area (Å²) in [7, 11) is 1.71. The van der Waals surface area contributed by atoms with Crippen molar-refractivity contribution in [2.75, 3.05) is 13.7 Å². The fourth-order valence-corrected chi connectivity index (χ4v) is 3.29. The second kappa shape index (κ2) is 5.36. The maximum atomic E-state index is 6.39. The van der Waals surface area contributed by atoms with Crippen LogP contribution in [0.5, 0.6) is 5.75 Å². The van der Waals surface area contributed by atoms with Crippen molar-refractivity contribution in [1.29, 1.82) is 0 Å². The van der Waals surface area contributed by atoms with Gasteiger partial charge in [-0.2, -0.15) is 0 Å². The van der Waals surface area contributed by atoms with Crippen LogP contribution in [-0.4, -0.2) is 13.7 Å². The van der Waals surface area contributed by atoms with Gasteiger partial charge in [-0.05, 0) is 34.9 Å². The molecule has 0 radical (unpaired) electrons. The molecule has 0 saturated carbocycles. The van der Waals surface area contributed by atoms with Crippen molar-refractivity contribution in [1.82, 2.24) is 5.32 Å². The summed E-state index contributed by atoms with van der Waals surface area (Å²) >= 11 is 6.39. The van der Waals surface area contributed by atoms with Crippen molar-refractivity contribution < 1.29 is 4.74 Å². The molecule has 0 aliphatic carbocycles. The molecule has 1 heterocycles. The van der Waals surface area contributed by atoms with Crippen molar-refractivity contribution in [2.24, 2.45) is 0 Å². The molecule has 2 aromatic carbocycles. The molecular formula is C18H20ClNO. The van der Waals surface area contributed by atoms with Crippen LogP contribution in [-0.2, 0) is 5.41 Å². The van der Waals surface area contributed by atoms with Crippen LogP contribution in [0.4, 0.5) is 0 Å². The van der Waals surface area contributed by atoms with Crippen molar-refractivity contribution in [3.63, 3.8) is 0 Å². The van der Waals surface area contributed by atoms with E-state index in [1.165, 1.54) is 11.1 Å². The lowest BCUT2D eigenvalue weighted by molar-refractivity contribution is 0.391. The fourth-order valence-electron chi connectivity index (χ4n) is 3.05. The van der Waals surface area contributed by atoms with Crippen LogP contribution in [0.15, 0.2) is 42.5 Å². The molecule has 21 heavy (non-hydrogen) atoms. The predicted molar refractivity (Wildman–Crippen MR) is 87.3 cm³/mol. The summed E-state index contributed by atoms with van der Waals surface area (Å²) in [6, 6.07) is 14.5. The van der Waals surface area contributed by atoms with E-state index in [9.17, 15) is 0 Å². The van der Waals surface area contributed by atoms with Gasteiger partial charge in [-0.25, -0.2) is 0 Å². The van der Waals surface area contributed by atoms with Gasteiger partial charge in [0.15, 0.2) is 0 Å². The highest BCUT2D eigenvalue weighted by molar-refractivity contribution is 6.31. The van der Waals surface area contributed by atoms with E-state index in [1.807, 2.05) is 24.3 Å². The first-order valence-electron chi connectivity index (χ1n) is 7.19. The van der Waals surface area contributed by atoms with Gasteiger partial charge in [-0.3, -0.25) is 0 Å². The Morgan fingerprint density at radius 1 is 1.14 bits per heavy atom. The average Bonchev–Trinajstić information content (AvgIpc) is 2.48. The van der Waals surface area contributed by atoms with Crippen molar-refractivity contribution in [3.05, 3.63) is 64.2 Å². The van der Waals surface area contributed by atoms with E-state index in [-0.39, 0.29) is 11.5 Å². The summed E-state index contributed by atoms with van der Waals surface area (Å²) < 4.78 is 5.39. The molecule has 110 valence electrons. The molecule has 0 bridgehead atoms. The molecule has 0 fully saturated rings. The van der Waals surface area contributed by atoms with Gasteiger partial charge in [-0.1, -0.05) is 49.7 Å². The second-order valence-electron chi connectivity index (χ2n) is 6.17. The largest absolute Gasteiger partial charge is 0.497 e. The van der Waals surface area contributed by atoms with E-state index in [0.29, 0.717) is 0 Å². The Bertz CT molecular complexity index is 666. The first-order valence-corrected chi connectivity index (χ1v) is 7.57. The van der Waals surface area contributed by atoms with Crippen molar-refractivity contribution in [3.8, 4) is 5.75 Å². The van der Waals surface area contributed by atoms with Gasteiger partial charge in [0.1, 0.15) is 5.75 Å². The quantitative estimate of drug-likeness (QED) is 0.892. The summed E-state index contributed by atoms with van der Waals surface area (Å²) in [4.78, 5) is 0. The molecule has 3 rings (SSSR count). The van der Waals surface area contributed by atoms with Gasteiger partial charge in [0.05, 0.1) is 13.2 Å². The van der Waals surface area contributed by atoms with Crippen LogP contribution in [0.3, 0.4) is 0 Å². The summed E-state index contributed by atoms with van der Waals surface area (Å²) in [6.07, 6.45) is 0. The van der Waals surface area contributed by atoms with E-state index >= 15 is 0 Å². The molecule has 1 atom stereocenters. The number of hydrogen-bond acceptors (Lipinski definition) is 2. The van der Waals surface area contributed by atoms with E-state index in [2.05, 4.69) is 37.4 Å². The third-order valence-electron chi connectivity index (χ3n) is 4.26. The Labute approximate surface area is 131 Å². The molecule has 0 saturated heterocycles. The predicted octanol–water partition coefficient (Wildman–Crippen LogP) is 4.32. The summed E-state index contributed by atoms with van der Waals surface area (Å²) in [5.74, 6) is 0.904. The molecule has 0 aromatic heterocycles. The third-order valence-corrected chi connectivity index (χ3v) is 4.61. The molecule has 2 nitrogen and oxygen atoms in total. The Balaban J connectivity index is 2.14. The van der Waals surface area contributed by atoms with Gasteiger partial charge in [0.2, 0.25) is 0 Å². The highest BCUT2D eigenvalue weighted by Gasteiger charge is 2.33. The SMILES string of the molecule is COc1ccc2c(c1)C(C)(C)CNC2c1ccccc1Cl. The minimum absolute atomic E-state index is 0.0711. The van der Waals surface area contributed by atoms with Gasteiger partial charge in [0, 0.05) is 17.0 Å². The molecule has 3 heteroatoms.